The second-order valence-corrected chi connectivity index (χ2v) is 4.03. The van der Waals surface area contributed by atoms with Crippen LogP contribution >= 0.6 is 0 Å². The van der Waals surface area contributed by atoms with E-state index in [4.69, 9.17) is 0 Å². The predicted molar refractivity (Wildman–Crippen MR) is 50.2 cm³/mol. The molecule has 0 spiro atoms. The van der Waals surface area contributed by atoms with E-state index in [2.05, 4.69) is 24.2 Å². The highest BCUT2D eigenvalue weighted by Gasteiger charge is 2.33. The summed E-state index contributed by atoms with van der Waals surface area (Å²) < 4.78 is 0. The largest absolute Gasteiger partial charge is 0.341 e. The minimum Gasteiger partial charge on any atom is -0.318 e. The van der Waals surface area contributed by atoms with Gasteiger partial charge in [0.15, 0.2) is 0 Å². The van der Waals surface area contributed by atoms with Crippen LogP contribution in [0.1, 0.15) is 33.1 Å². The summed E-state index contributed by atoms with van der Waals surface area (Å²) in [6.07, 6.45) is 3.34. The summed E-state index contributed by atoms with van der Waals surface area (Å²) in [5, 5.41) is 0. The van der Waals surface area contributed by atoms with Crippen LogP contribution in [0.2, 0.25) is 0 Å². The number of piperidine rings is 1. The number of urea groups is 1. The van der Waals surface area contributed by atoms with Crippen molar-refractivity contribution >= 4 is 6.03 Å². The van der Waals surface area contributed by atoms with E-state index in [0.29, 0.717) is 0 Å². The first-order valence-electron chi connectivity index (χ1n) is 4.68. The van der Waals surface area contributed by atoms with E-state index in [1.54, 1.807) is 0 Å². The molecule has 1 rings (SSSR count). The summed E-state index contributed by atoms with van der Waals surface area (Å²) in [4.78, 5) is 17.9. The SMILES string of the molecule is CONC(=O)N1CCCCC1(C)C. The Bertz CT molecular complexity index is 192. The Kier molecular flexibility index (Phi) is 3.14. The Labute approximate surface area is 79.2 Å². The molecular weight excluding hydrogens is 168 g/mol. The van der Waals surface area contributed by atoms with Crippen molar-refractivity contribution in [1.29, 1.82) is 0 Å². The van der Waals surface area contributed by atoms with Gasteiger partial charge in [-0.1, -0.05) is 0 Å². The van der Waals surface area contributed by atoms with Crippen LogP contribution < -0.4 is 5.48 Å². The maximum atomic E-state index is 11.5. The Morgan fingerprint density at radius 1 is 1.46 bits per heavy atom. The van der Waals surface area contributed by atoms with Crippen molar-refractivity contribution in [2.75, 3.05) is 13.7 Å². The van der Waals surface area contributed by atoms with Gasteiger partial charge >= 0.3 is 6.03 Å². The molecule has 0 unspecified atom stereocenters. The first-order valence-corrected chi connectivity index (χ1v) is 4.68. The molecule has 1 aliphatic rings. The molecule has 76 valence electrons. The van der Waals surface area contributed by atoms with Crippen molar-refractivity contribution in [3.63, 3.8) is 0 Å². The van der Waals surface area contributed by atoms with Crippen LogP contribution in [0.25, 0.3) is 0 Å². The van der Waals surface area contributed by atoms with Crippen molar-refractivity contribution in [3.05, 3.63) is 0 Å². The predicted octanol–water partition coefficient (Wildman–Crippen LogP) is 1.52. The highest BCUT2D eigenvalue weighted by atomic mass is 16.6. The van der Waals surface area contributed by atoms with Crippen molar-refractivity contribution in [3.8, 4) is 0 Å². The van der Waals surface area contributed by atoms with Gasteiger partial charge in [0.25, 0.3) is 0 Å². The number of carbonyl (C=O) groups is 1. The third kappa shape index (κ3) is 2.34. The van der Waals surface area contributed by atoms with Crippen molar-refractivity contribution < 1.29 is 9.63 Å². The standard InChI is InChI=1S/C9H18N2O2/c1-9(2)6-4-5-7-11(9)8(12)10-13-3/h4-7H2,1-3H3,(H,10,12). The van der Waals surface area contributed by atoms with E-state index >= 15 is 0 Å². The fourth-order valence-electron chi connectivity index (χ4n) is 1.78. The van der Waals surface area contributed by atoms with Gasteiger partial charge in [0, 0.05) is 12.1 Å². The maximum absolute atomic E-state index is 11.5. The molecule has 4 heteroatoms. The van der Waals surface area contributed by atoms with Crippen LogP contribution in [0.4, 0.5) is 4.79 Å². The van der Waals surface area contributed by atoms with Crippen LogP contribution in [-0.4, -0.2) is 30.1 Å². The molecular formula is C9H18N2O2. The maximum Gasteiger partial charge on any atom is 0.341 e. The van der Waals surface area contributed by atoms with Gasteiger partial charge in [0.1, 0.15) is 0 Å². The number of amides is 2. The number of nitrogens with one attached hydrogen (secondary N) is 1. The summed E-state index contributed by atoms with van der Waals surface area (Å²) >= 11 is 0. The Balaban J connectivity index is 2.59. The number of likely N-dealkylation sites (tertiary alicyclic amines) is 1. The molecule has 13 heavy (non-hydrogen) atoms. The van der Waals surface area contributed by atoms with E-state index in [9.17, 15) is 4.79 Å². The van der Waals surface area contributed by atoms with Gasteiger partial charge < -0.3 is 4.90 Å². The lowest BCUT2D eigenvalue weighted by atomic mass is 9.91. The lowest BCUT2D eigenvalue weighted by Gasteiger charge is -2.41. The van der Waals surface area contributed by atoms with Gasteiger partial charge in [-0.25, -0.2) is 10.3 Å². The van der Waals surface area contributed by atoms with Crippen LogP contribution in [0.5, 0.6) is 0 Å². The van der Waals surface area contributed by atoms with Crippen LogP contribution in [-0.2, 0) is 4.84 Å². The van der Waals surface area contributed by atoms with Gasteiger partial charge in [-0.15, -0.1) is 0 Å². The lowest BCUT2D eigenvalue weighted by Crippen LogP contribution is -2.54. The summed E-state index contributed by atoms with van der Waals surface area (Å²) in [7, 11) is 1.45. The Morgan fingerprint density at radius 2 is 2.15 bits per heavy atom. The quantitative estimate of drug-likeness (QED) is 0.631. The molecule has 2 amide bonds. The van der Waals surface area contributed by atoms with Gasteiger partial charge in [-0.3, -0.25) is 4.84 Å². The van der Waals surface area contributed by atoms with Crippen LogP contribution in [0.15, 0.2) is 0 Å². The normalized spacial score (nSPS) is 21.3. The van der Waals surface area contributed by atoms with Gasteiger partial charge in [-0.05, 0) is 33.1 Å². The first-order chi connectivity index (χ1) is 6.08. The fourth-order valence-corrected chi connectivity index (χ4v) is 1.78. The molecule has 0 aromatic carbocycles. The Morgan fingerprint density at radius 3 is 2.69 bits per heavy atom. The molecule has 0 atom stereocenters. The van der Waals surface area contributed by atoms with Crippen LogP contribution in [0, 0.1) is 0 Å². The zero-order chi connectivity index (χ0) is 9.90. The summed E-state index contributed by atoms with van der Waals surface area (Å²) in [5.74, 6) is 0. The van der Waals surface area contributed by atoms with Crippen LogP contribution in [0.3, 0.4) is 0 Å². The molecule has 0 aromatic rings. The second kappa shape index (κ2) is 3.96. The van der Waals surface area contributed by atoms with E-state index in [1.807, 2.05) is 4.90 Å². The number of hydrogen-bond donors (Lipinski definition) is 1. The number of nitrogens with zero attached hydrogens (tertiary/aromatic N) is 1. The number of rotatable bonds is 1. The molecule has 1 fully saturated rings. The topological polar surface area (TPSA) is 41.6 Å². The molecule has 0 aliphatic carbocycles. The van der Waals surface area contributed by atoms with E-state index in [0.717, 1.165) is 19.4 Å². The Hall–Kier alpha value is -0.770. The zero-order valence-electron chi connectivity index (χ0n) is 8.59. The molecule has 4 nitrogen and oxygen atoms in total. The third-order valence-corrected chi connectivity index (χ3v) is 2.59. The number of carbonyl (C=O) groups excluding carboxylic acids is 1. The summed E-state index contributed by atoms with van der Waals surface area (Å²) in [6.45, 7) is 4.99. The molecule has 1 N–H and O–H groups in total. The highest BCUT2D eigenvalue weighted by molar-refractivity contribution is 5.74. The molecule has 1 saturated heterocycles. The molecule has 0 aromatic heterocycles. The molecule has 0 bridgehead atoms. The third-order valence-electron chi connectivity index (χ3n) is 2.59. The molecule has 1 aliphatic heterocycles. The molecule has 1 heterocycles. The lowest BCUT2D eigenvalue weighted by molar-refractivity contribution is 0.0492. The smallest absolute Gasteiger partial charge is 0.318 e. The minimum atomic E-state index is -0.132. The highest BCUT2D eigenvalue weighted by Crippen LogP contribution is 2.26. The molecule has 0 radical (unpaired) electrons. The van der Waals surface area contributed by atoms with Gasteiger partial charge in [0.05, 0.1) is 7.11 Å². The van der Waals surface area contributed by atoms with E-state index in [-0.39, 0.29) is 11.6 Å². The minimum absolute atomic E-state index is 0.0408. The van der Waals surface area contributed by atoms with E-state index < -0.39 is 0 Å². The van der Waals surface area contributed by atoms with Crippen molar-refractivity contribution in [2.45, 2.75) is 38.6 Å². The van der Waals surface area contributed by atoms with Gasteiger partial charge in [-0.2, -0.15) is 0 Å². The zero-order valence-corrected chi connectivity index (χ0v) is 8.59. The van der Waals surface area contributed by atoms with Crippen molar-refractivity contribution in [2.24, 2.45) is 0 Å². The van der Waals surface area contributed by atoms with Crippen molar-refractivity contribution in [1.82, 2.24) is 10.4 Å². The first kappa shape index (κ1) is 10.3. The summed E-state index contributed by atoms with van der Waals surface area (Å²) in [6, 6.07) is -0.132. The van der Waals surface area contributed by atoms with E-state index in [1.165, 1.54) is 13.5 Å². The average Bonchev–Trinajstić information content (AvgIpc) is 2.03. The monoisotopic (exact) mass is 186 g/mol. The molecule has 0 saturated carbocycles. The fraction of sp³-hybridized carbons (Fsp3) is 0.889. The summed E-state index contributed by atoms with van der Waals surface area (Å²) in [5.41, 5.74) is 2.32. The average molecular weight is 186 g/mol. The second-order valence-electron chi connectivity index (χ2n) is 4.03. The number of hydrogen-bond acceptors (Lipinski definition) is 2. The van der Waals surface area contributed by atoms with Gasteiger partial charge in [0.2, 0.25) is 0 Å². The number of hydroxylamine groups is 1.